The van der Waals surface area contributed by atoms with Crippen molar-refractivity contribution >= 4 is 5.69 Å². The van der Waals surface area contributed by atoms with E-state index in [0.29, 0.717) is 5.56 Å². The normalized spacial score (nSPS) is 12.2. The highest BCUT2D eigenvalue weighted by Gasteiger charge is 2.11. The van der Waals surface area contributed by atoms with E-state index in [1.807, 2.05) is 30.3 Å². The molecule has 0 radical (unpaired) electrons. The summed E-state index contributed by atoms with van der Waals surface area (Å²) in [5, 5.41) is 3.46. The number of halogens is 1. The van der Waals surface area contributed by atoms with Crippen molar-refractivity contribution in [1.29, 1.82) is 0 Å². The van der Waals surface area contributed by atoms with Gasteiger partial charge in [0.25, 0.3) is 0 Å². The Labute approximate surface area is 120 Å². The van der Waals surface area contributed by atoms with E-state index >= 15 is 0 Å². The number of anilines is 1. The first-order valence-corrected chi connectivity index (χ1v) is 7.28. The first-order valence-electron chi connectivity index (χ1n) is 7.28. The lowest BCUT2D eigenvalue weighted by molar-refractivity contribution is 0.614. The maximum Gasteiger partial charge on any atom is 0.128 e. The predicted octanol–water partition coefficient (Wildman–Crippen LogP) is 5.48. The van der Waals surface area contributed by atoms with Crippen LogP contribution in [-0.4, -0.2) is 0 Å². The Morgan fingerprint density at radius 3 is 2.50 bits per heavy atom. The molecule has 1 nitrogen and oxygen atoms in total. The monoisotopic (exact) mass is 271 g/mol. The zero-order valence-electron chi connectivity index (χ0n) is 12.2. The molecule has 0 bridgehead atoms. The molecule has 0 saturated carbocycles. The van der Waals surface area contributed by atoms with Crippen LogP contribution in [-0.2, 0) is 0 Å². The molecule has 0 aliphatic heterocycles. The minimum atomic E-state index is -0.155. The molecule has 2 aromatic carbocycles. The third-order valence-corrected chi connectivity index (χ3v) is 3.56. The maximum atomic E-state index is 13.6. The van der Waals surface area contributed by atoms with Crippen LogP contribution in [0.25, 0.3) is 0 Å². The van der Waals surface area contributed by atoms with Gasteiger partial charge in [0.15, 0.2) is 0 Å². The SMILES string of the molecule is CCCCC(Nc1ccc(C)c(F)c1)c1ccccc1. The summed E-state index contributed by atoms with van der Waals surface area (Å²) in [7, 11) is 0. The standard InChI is InChI=1S/C18H22FN/c1-3-4-10-18(15-8-6-5-7-9-15)20-16-12-11-14(2)17(19)13-16/h5-9,11-13,18,20H,3-4,10H2,1-2H3. The van der Waals surface area contributed by atoms with Crippen molar-refractivity contribution in [2.24, 2.45) is 0 Å². The Morgan fingerprint density at radius 2 is 1.85 bits per heavy atom. The molecule has 1 N–H and O–H groups in total. The van der Waals surface area contributed by atoms with Gasteiger partial charge in [0.1, 0.15) is 5.82 Å². The Morgan fingerprint density at radius 1 is 1.10 bits per heavy atom. The van der Waals surface area contributed by atoms with E-state index in [-0.39, 0.29) is 11.9 Å². The predicted molar refractivity (Wildman–Crippen MR) is 83.5 cm³/mol. The zero-order chi connectivity index (χ0) is 14.4. The van der Waals surface area contributed by atoms with Gasteiger partial charge in [-0.3, -0.25) is 0 Å². The van der Waals surface area contributed by atoms with Gasteiger partial charge in [-0.1, -0.05) is 56.2 Å². The summed E-state index contributed by atoms with van der Waals surface area (Å²) in [6.45, 7) is 3.97. The van der Waals surface area contributed by atoms with Crippen LogP contribution in [0.15, 0.2) is 48.5 Å². The van der Waals surface area contributed by atoms with E-state index in [1.54, 1.807) is 13.0 Å². The molecule has 0 aliphatic rings. The molecule has 2 heteroatoms. The number of nitrogens with one attached hydrogen (secondary N) is 1. The lowest BCUT2D eigenvalue weighted by Gasteiger charge is -2.20. The van der Waals surface area contributed by atoms with Crippen LogP contribution in [0, 0.1) is 12.7 Å². The van der Waals surface area contributed by atoms with Gasteiger partial charge in [0.05, 0.1) is 6.04 Å². The average molecular weight is 271 g/mol. The zero-order valence-corrected chi connectivity index (χ0v) is 12.2. The third-order valence-electron chi connectivity index (χ3n) is 3.56. The maximum absolute atomic E-state index is 13.6. The average Bonchev–Trinajstić information content (AvgIpc) is 2.48. The molecule has 0 amide bonds. The summed E-state index contributed by atoms with van der Waals surface area (Å²) in [6.07, 6.45) is 3.37. The van der Waals surface area contributed by atoms with E-state index in [2.05, 4.69) is 24.4 Å². The van der Waals surface area contributed by atoms with Crippen LogP contribution in [0.3, 0.4) is 0 Å². The Hall–Kier alpha value is -1.83. The van der Waals surface area contributed by atoms with Crippen molar-refractivity contribution in [3.63, 3.8) is 0 Å². The number of hydrogen-bond donors (Lipinski definition) is 1. The highest BCUT2D eigenvalue weighted by Crippen LogP contribution is 2.25. The fraction of sp³-hybridized carbons (Fsp3) is 0.333. The Kier molecular flexibility index (Phi) is 5.16. The van der Waals surface area contributed by atoms with E-state index in [0.717, 1.165) is 24.9 Å². The van der Waals surface area contributed by atoms with Gasteiger partial charge < -0.3 is 5.32 Å². The molecule has 2 aromatic rings. The van der Waals surface area contributed by atoms with Gasteiger partial charge in [0.2, 0.25) is 0 Å². The van der Waals surface area contributed by atoms with Crippen LogP contribution in [0.4, 0.5) is 10.1 Å². The number of aryl methyl sites for hydroxylation is 1. The molecule has 0 aromatic heterocycles. The van der Waals surface area contributed by atoms with Crippen LogP contribution in [0.1, 0.15) is 43.4 Å². The molecule has 1 atom stereocenters. The van der Waals surface area contributed by atoms with E-state index < -0.39 is 0 Å². The Balaban J connectivity index is 2.17. The first kappa shape index (κ1) is 14.6. The quantitative estimate of drug-likeness (QED) is 0.733. The smallest absolute Gasteiger partial charge is 0.128 e. The second-order valence-corrected chi connectivity index (χ2v) is 5.21. The number of benzene rings is 2. The van der Waals surface area contributed by atoms with Gasteiger partial charge in [-0.05, 0) is 36.6 Å². The molecule has 0 fully saturated rings. The van der Waals surface area contributed by atoms with E-state index in [9.17, 15) is 4.39 Å². The lowest BCUT2D eigenvalue weighted by Crippen LogP contribution is -2.11. The second kappa shape index (κ2) is 7.09. The van der Waals surface area contributed by atoms with Gasteiger partial charge >= 0.3 is 0 Å². The van der Waals surface area contributed by atoms with Crippen molar-refractivity contribution in [2.45, 2.75) is 39.2 Å². The van der Waals surface area contributed by atoms with Crippen molar-refractivity contribution in [3.05, 3.63) is 65.5 Å². The van der Waals surface area contributed by atoms with Crippen LogP contribution < -0.4 is 5.32 Å². The van der Waals surface area contributed by atoms with E-state index in [4.69, 9.17) is 0 Å². The van der Waals surface area contributed by atoms with Crippen LogP contribution in [0.2, 0.25) is 0 Å². The molecule has 106 valence electrons. The van der Waals surface area contributed by atoms with Crippen molar-refractivity contribution < 1.29 is 4.39 Å². The summed E-state index contributed by atoms with van der Waals surface area (Å²) in [6, 6.07) is 15.9. The second-order valence-electron chi connectivity index (χ2n) is 5.21. The van der Waals surface area contributed by atoms with Gasteiger partial charge in [-0.2, -0.15) is 0 Å². The molecule has 1 unspecified atom stereocenters. The highest BCUT2D eigenvalue weighted by molar-refractivity contribution is 5.47. The molecular weight excluding hydrogens is 249 g/mol. The van der Waals surface area contributed by atoms with Crippen molar-refractivity contribution in [2.75, 3.05) is 5.32 Å². The number of unbranched alkanes of at least 4 members (excludes halogenated alkanes) is 1. The largest absolute Gasteiger partial charge is 0.378 e. The number of hydrogen-bond acceptors (Lipinski definition) is 1. The van der Waals surface area contributed by atoms with Gasteiger partial charge in [-0.15, -0.1) is 0 Å². The number of rotatable bonds is 6. The third kappa shape index (κ3) is 3.83. The summed E-state index contributed by atoms with van der Waals surface area (Å²) in [4.78, 5) is 0. The molecule has 20 heavy (non-hydrogen) atoms. The fourth-order valence-electron chi connectivity index (χ4n) is 2.30. The van der Waals surface area contributed by atoms with Gasteiger partial charge in [-0.25, -0.2) is 4.39 Å². The molecule has 0 saturated heterocycles. The minimum absolute atomic E-state index is 0.155. The van der Waals surface area contributed by atoms with Crippen LogP contribution >= 0.6 is 0 Å². The topological polar surface area (TPSA) is 12.0 Å². The van der Waals surface area contributed by atoms with Crippen molar-refractivity contribution in [1.82, 2.24) is 0 Å². The molecular formula is C18H22FN. The van der Waals surface area contributed by atoms with Crippen molar-refractivity contribution in [3.8, 4) is 0 Å². The summed E-state index contributed by atoms with van der Waals surface area (Å²) < 4.78 is 13.6. The lowest BCUT2D eigenvalue weighted by atomic mass is 10.0. The molecule has 2 rings (SSSR count). The minimum Gasteiger partial charge on any atom is -0.378 e. The first-order chi connectivity index (χ1) is 9.70. The Bertz CT molecular complexity index is 536. The van der Waals surface area contributed by atoms with E-state index in [1.165, 1.54) is 5.56 Å². The summed E-state index contributed by atoms with van der Waals surface area (Å²) in [5.74, 6) is -0.155. The van der Waals surface area contributed by atoms with Crippen LogP contribution in [0.5, 0.6) is 0 Å². The summed E-state index contributed by atoms with van der Waals surface area (Å²) in [5.41, 5.74) is 2.78. The molecule has 0 aliphatic carbocycles. The van der Waals surface area contributed by atoms with Gasteiger partial charge in [0, 0.05) is 5.69 Å². The molecule has 0 spiro atoms. The summed E-state index contributed by atoms with van der Waals surface area (Å²) >= 11 is 0. The molecule has 0 heterocycles. The highest BCUT2D eigenvalue weighted by atomic mass is 19.1. The fourth-order valence-corrected chi connectivity index (χ4v) is 2.30.